The van der Waals surface area contributed by atoms with Gasteiger partial charge < -0.3 is 20.1 Å². The molecule has 1 heterocycles. The van der Waals surface area contributed by atoms with Crippen molar-refractivity contribution in [3.05, 3.63) is 29.3 Å². The Morgan fingerprint density at radius 1 is 1.06 bits per heavy atom. The van der Waals surface area contributed by atoms with Crippen molar-refractivity contribution in [2.45, 2.75) is 39.2 Å². The van der Waals surface area contributed by atoms with Gasteiger partial charge in [0.1, 0.15) is 12.1 Å². The minimum Gasteiger partial charge on any atom is -0.465 e. The lowest BCUT2D eigenvalue weighted by molar-refractivity contribution is -0.133. The fraction of sp³-hybridized carbons (Fsp3) is 0.476. The number of hydrogen-bond donors (Lipinski definition) is 2. The number of hydrogen-bond acceptors (Lipinski definition) is 7. The van der Waals surface area contributed by atoms with Gasteiger partial charge in [0.25, 0.3) is 5.91 Å². The Labute approximate surface area is 180 Å². The Balaban J connectivity index is 2.16. The lowest BCUT2D eigenvalue weighted by Crippen LogP contribution is -2.44. The molecule has 2 N–H and O–H groups in total. The highest BCUT2D eigenvalue weighted by molar-refractivity contribution is 6.10. The van der Waals surface area contributed by atoms with Crippen LogP contribution in [0.3, 0.4) is 0 Å². The normalized spacial score (nSPS) is 18.1. The van der Waals surface area contributed by atoms with Crippen LogP contribution in [0.2, 0.25) is 0 Å². The quantitative estimate of drug-likeness (QED) is 0.473. The Morgan fingerprint density at radius 2 is 1.61 bits per heavy atom. The van der Waals surface area contributed by atoms with Gasteiger partial charge in [0.2, 0.25) is 5.91 Å². The molecule has 1 saturated heterocycles. The molecule has 0 spiro atoms. The van der Waals surface area contributed by atoms with E-state index in [-0.39, 0.29) is 16.8 Å². The van der Waals surface area contributed by atoms with E-state index in [2.05, 4.69) is 20.1 Å². The predicted octanol–water partition coefficient (Wildman–Crippen LogP) is 1.94. The number of anilines is 1. The predicted molar refractivity (Wildman–Crippen MR) is 110 cm³/mol. The highest BCUT2D eigenvalue weighted by atomic mass is 16.5. The third-order valence-electron chi connectivity index (χ3n) is 4.93. The van der Waals surface area contributed by atoms with Crippen molar-refractivity contribution in [1.82, 2.24) is 10.2 Å². The molecular weight excluding hydrogens is 406 g/mol. The van der Waals surface area contributed by atoms with E-state index in [4.69, 9.17) is 0 Å². The maximum atomic E-state index is 12.7. The fourth-order valence-corrected chi connectivity index (χ4v) is 3.15. The van der Waals surface area contributed by atoms with Crippen molar-refractivity contribution in [3.8, 4) is 0 Å². The fourth-order valence-electron chi connectivity index (χ4n) is 3.15. The molecule has 2 rings (SSSR count). The van der Waals surface area contributed by atoms with Crippen LogP contribution in [0.5, 0.6) is 0 Å². The standard InChI is InChI=1S/C21H27N3O7/c1-12(2)6-7-21(3)19(28)24(20(29)23-21)11-16(25)22-15-9-13(17(26)30-4)8-14(10-15)18(27)31-5/h8-10,12H,6-7,11H2,1-5H3,(H,22,25)(H,23,29). The number of ether oxygens (including phenoxy) is 2. The number of carbonyl (C=O) groups excluding carboxylic acids is 5. The van der Waals surface area contributed by atoms with Crippen LogP contribution in [0, 0.1) is 5.92 Å². The molecule has 1 aromatic carbocycles. The van der Waals surface area contributed by atoms with E-state index >= 15 is 0 Å². The number of methoxy groups -OCH3 is 2. The topological polar surface area (TPSA) is 131 Å². The lowest BCUT2D eigenvalue weighted by atomic mass is 9.92. The molecule has 1 aliphatic heterocycles. The van der Waals surface area contributed by atoms with Gasteiger partial charge in [0, 0.05) is 5.69 Å². The largest absolute Gasteiger partial charge is 0.465 e. The molecule has 1 unspecified atom stereocenters. The summed E-state index contributed by atoms with van der Waals surface area (Å²) in [5.74, 6) is -2.22. The minimum absolute atomic E-state index is 0.0250. The van der Waals surface area contributed by atoms with Gasteiger partial charge in [-0.15, -0.1) is 0 Å². The van der Waals surface area contributed by atoms with Crippen LogP contribution in [-0.4, -0.2) is 61.0 Å². The molecule has 0 radical (unpaired) electrons. The number of benzene rings is 1. The zero-order chi connectivity index (χ0) is 23.3. The number of rotatable bonds is 8. The van der Waals surface area contributed by atoms with Crippen LogP contribution in [0.15, 0.2) is 18.2 Å². The molecule has 0 aromatic heterocycles. The molecule has 4 amide bonds. The highest BCUT2D eigenvalue weighted by Gasteiger charge is 2.47. The van der Waals surface area contributed by atoms with Gasteiger partial charge in [-0.25, -0.2) is 14.4 Å². The smallest absolute Gasteiger partial charge is 0.337 e. The van der Waals surface area contributed by atoms with Crippen molar-refractivity contribution in [2.24, 2.45) is 5.92 Å². The first-order valence-corrected chi connectivity index (χ1v) is 9.76. The molecule has 0 saturated carbocycles. The SMILES string of the molecule is COC(=O)c1cc(NC(=O)CN2C(=O)NC(C)(CCC(C)C)C2=O)cc(C(=O)OC)c1. The molecule has 10 heteroatoms. The van der Waals surface area contributed by atoms with Crippen LogP contribution in [0.1, 0.15) is 54.3 Å². The summed E-state index contributed by atoms with van der Waals surface area (Å²) in [5.41, 5.74) is -0.901. The summed E-state index contributed by atoms with van der Waals surface area (Å²) in [6.07, 6.45) is 1.19. The molecule has 31 heavy (non-hydrogen) atoms. The van der Waals surface area contributed by atoms with E-state index in [0.29, 0.717) is 12.3 Å². The number of esters is 2. The van der Waals surface area contributed by atoms with Gasteiger partial charge in [-0.2, -0.15) is 0 Å². The number of amides is 4. The number of imide groups is 1. The maximum absolute atomic E-state index is 12.7. The number of nitrogens with one attached hydrogen (secondary N) is 2. The highest BCUT2D eigenvalue weighted by Crippen LogP contribution is 2.25. The van der Waals surface area contributed by atoms with Crippen LogP contribution in [0.25, 0.3) is 0 Å². The van der Waals surface area contributed by atoms with Crippen molar-refractivity contribution < 1.29 is 33.4 Å². The van der Waals surface area contributed by atoms with E-state index in [0.717, 1.165) is 11.3 Å². The Morgan fingerprint density at radius 3 is 2.10 bits per heavy atom. The van der Waals surface area contributed by atoms with E-state index in [1.165, 1.54) is 32.4 Å². The van der Waals surface area contributed by atoms with E-state index in [9.17, 15) is 24.0 Å². The average molecular weight is 433 g/mol. The van der Waals surface area contributed by atoms with Gasteiger partial charge in [-0.1, -0.05) is 13.8 Å². The zero-order valence-electron chi connectivity index (χ0n) is 18.2. The van der Waals surface area contributed by atoms with Crippen LogP contribution in [-0.2, 0) is 19.1 Å². The average Bonchev–Trinajstić information content (AvgIpc) is 2.94. The Bertz CT molecular complexity index is 878. The van der Waals surface area contributed by atoms with E-state index in [1.807, 2.05) is 13.8 Å². The molecule has 0 bridgehead atoms. The van der Waals surface area contributed by atoms with E-state index < -0.39 is 41.9 Å². The number of urea groups is 1. The summed E-state index contributed by atoms with van der Waals surface area (Å²) >= 11 is 0. The first kappa shape index (κ1) is 23.8. The monoisotopic (exact) mass is 433 g/mol. The Kier molecular flexibility index (Phi) is 7.37. The summed E-state index contributed by atoms with van der Waals surface area (Å²) in [4.78, 5) is 62.1. The van der Waals surface area contributed by atoms with Crippen LogP contribution < -0.4 is 10.6 Å². The van der Waals surface area contributed by atoms with Crippen molar-refractivity contribution in [1.29, 1.82) is 0 Å². The lowest BCUT2D eigenvalue weighted by Gasteiger charge is -2.22. The minimum atomic E-state index is -1.06. The summed E-state index contributed by atoms with van der Waals surface area (Å²) < 4.78 is 9.31. The second-order valence-electron chi connectivity index (χ2n) is 7.92. The second kappa shape index (κ2) is 9.59. The van der Waals surface area contributed by atoms with Gasteiger partial charge in [-0.05, 0) is 43.9 Å². The van der Waals surface area contributed by atoms with Crippen LogP contribution >= 0.6 is 0 Å². The summed E-state index contributed by atoms with van der Waals surface area (Å²) in [6, 6.07) is 3.25. The third-order valence-corrected chi connectivity index (χ3v) is 4.93. The van der Waals surface area contributed by atoms with E-state index in [1.54, 1.807) is 6.92 Å². The Hall–Kier alpha value is -3.43. The molecule has 1 aliphatic rings. The van der Waals surface area contributed by atoms with Gasteiger partial charge in [0.05, 0.1) is 25.3 Å². The van der Waals surface area contributed by atoms with Gasteiger partial charge in [-0.3, -0.25) is 14.5 Å². The van der Waals surface area contributed by atoms with Crippen LogP contribution in [0.4, 0.5) is 10.5 Å². The first-order chi connectivity index (χ1) is 14.5. The van der Waals surface area contributed by atoms with Crippen molar-refractivity contribution >= 4 is 35.5 Å². The molecule has 0 aliphatic carbocycles. The van der Waals surface area contributed by atoms with Gasteiger partial charge in [0.15, 0.2) is 0 Å². The molecule has 1 atom stereocenters. The second-order valence-corrected chi connectivity index (χ2v) is 7.92. The molecular formula is C21H27N3O7. The van der Waals surface area contributed by atoms with Crippen molar-refractivity contribution in [2.75, 3.05) is 26.1 Å². The maximum Gasteiger partial charge on any atom is 0.337 e. The summed E-state index contributed by atoms with van der Waals surface area (Å²) in [6.45, 7) is 5.15. The zero-order valence-corrected chi connectivity index (χ0v) is 18.2. The third kappa shape index (κ3) is 5.59. The molecule has 10 nitrogen and oxygen atoms in total. The molecule has 1 aromatic rings. The number of nitrogens with zero attached hydrogens (tertiary/aromatic N) is 1. The number of carbonyl (C=O) groups is 5. The summed E-state index contributed by atoms with van der Waals surface area (Å²) in [5, 5.41) is 5.15. The molecule has 1 fully saturated rings. The van der Waals surface area contributed by atoms with Crippen molar-refractivity contribution in [3.63, 3.8) is 0 Å². The van der Waals surface area contributed by atoms with Gasteiger partial charge >= 0.3 is 18.0 Å². The first-order valence-electron chi connectivity index (χ1n) is 9.76. The summed E-state index contributed by atoms with van der Waals surface area (Å²) in [7, 11) is 2.36. The molecule has 168 valence electrons.